The highest BCUT2D eigenvalue weighted by molar-refractivity contribution is 6.23. The first-order chi connectivity index (χ1) is 5.13. The summed E-state index contributed by atoms with van der Waals surface area (Å²) in [6, 6.07) is 0. The molecule has 0 spiro atoms. The van der Waals surface area contributed by atoms with Crippen molar-refractivity contribution in [3.05, 3.63) is 0 Å². The van der Waals surface area contributed by atoms with Gasteiger partial charge in [0.15, 0.2) is 0 Å². The summed E-state index contributed by atoms with van der Waals surface area (Å²) in [6.07, 6.45) is 0.905. The van der Waals surface area contributed by atoms with Crippen LogP contribution in [0.5, 0.6) is 0 Å². The van der Waals surface area contributed by atoms with Crippen molar-refractivity contribution in [3.63, 3.8) is 0 Å². The lowest BCUT2D eigenvalue weighted by Gasteiger charge is -2.34. The van der Waals surface area contributed by atoms with Crippen LogP contribution in [0.4, 0.5) is 0 Å². The van der Waals surface area contributed by atoms with E-state index in [0.29, 0.717) is 5.88 Å². The predicted molar refractivity (Wildman–Crippen MR) is 51.3 cm³/mol. The van der Waals surface area contributed by atoms with Gasteiger partial charge in [-0.25, -0.2) is 5.43 Å². The summed E-state index contributed by atoms with van der Waals surface area (Å²) in [5.41, 5.74) is 5.76. The van der Waals surface area contributed by atoms with Gasteiger partial charge in [0.1, 0.15) is 0 Å². The van der Waals surface area contributed by atoms with Gasteiger partial charge in [-0.2, -0.15) is 0 Å². The van der Waals surface area contributed by atoms with Gasteiger partial charge >= 0.3 is 0 Å². The van der Waals surface area contributed by atoms with Crippen LogP contribution >= 0.6 is 23.2 Å². The second kappa shape index (κ2) is 5.20. The van der Waals surface area contributed by atoms with Gasteiger partial charge < -0.3 is 0 Å². The van der Waals surface area contributed by atoms with Gasteiger partial charge in [-0.3, -0.25) is 5.43 Å². The van der Waals surface area contributed by atoms with Crippen LogP contribution in [0, 0.1) is 0 Å². The summed E-state index contributed by atoms with van der Waals surface area (Å²) in [6.45, 7) is 4.00. The highest BCUT2D eigenvalue weighted by atomic mass is 35.5. The lowest BCUT2D eigenvalue weighted by molar-refractivity contribution is 0.309. The molecule has 4 heteroatoms. The molecule has 0 aromatic carbocycles. The molecule has 2 unspecified atom stereocenters. The summed E-state index contributed by atoms with van der Waals surface area (Å²) in [5, 5.41) is 0.0115. The Balaban J connectivity index is 4.20. The Bertz CT molecular complexity index is 103. The molecule has 0 saturated heterocycles. The van der Waals surface area contributed by atoms with E-state index in [2.05, 4.69) is 17.8 Å². The lowest BCUT2D eigenvalue weighted by Crippen LogP contribution is -2.57. The molecule has 0 fully saturated rings. The summed E-state index contributed by atoms with van der Waals surface area (Å²) in [5.74, 6) is 0.509. The minimum Gasteiger partial charge on any atom is -0.260 e. The van der Waals surface area contributed by atoms with Crippen LogP contribution in [0.1, 0.15) is 20.3 Å². The average Bonchev–Trinajstić information content (AvgIpc) is 2.00. The number of halogens is 2. The monoisotopic (exact) mass is 198 g/mol. The Morgan fingerprint density at radius 3 is 2.18 bits per heavy atom. The van der Waals surface area contributed by atoms with E-state index in [1.807, 2.05) is 14.0 Å². The van der Waals surface area contributed by atoms with Gasteiger partial charge in [0.05, 0.1) is 10.9 Å². The highest BCUT2D eigenvalue weighted by Gasteiger charge is 2.31. The van der Waals surface area contributed by atoms with E-state index in [1.165, 1.54) is 0 Å². The molecular weight excluding hydrogens is 183 g/mol. The number of hydrogen-bond donors (Lipinski definition) is 2. The smallest absolute Gasteiger partial charge is 0.0616 e. The molecule has 11 heavy (non-hydrogen) atoms. The number of hydrogen-bond acceptors (Lipinski definition) is 2. The largest absolute Gasteiger partial charge is 0.260 e. The molecule has 0 aromatic rings. The Morgan fingerprint density at radius 2 is 2.09 bits per heavy atom. The van der Waals surface area contributed by atoms with Crippen molar-refractivity contribution in [1.29, 1.82) is 0 Å². The Hall–Kier alpha value is 0.500. The fraction of sp³-hybridized carbons (Fsp3) is 1.00. The maximum atomic E-state index is 5.99. The van der Waals surface area contributed by atoms with E-state index in [-0.39, 0.29) is 10.9 Å². The first kappa shape index (κ1) is 11.5. The van der Waals surface area contributed by atoms with E-state index in [9.17, 15) is 0 Å². The molecular formula is C7H16Cl2N2. The van der Waals surface area contributed by atoms with Crippen LogP contribution in [0.2, 0.25) is 0 Å². The Kier molecular flexibility index (Phi) is 5.44. The zero-order valence-corrected chi connectivity index (χ0v) is 8.76. The number of hydrazine groups is 1. The minimum atomic E-state index is -0.197. The van der Waals surface area contributed by atoms with Crippen LogP contribution in [0.15, 0.2) is 0 Å². The third kappa shape index (κ3) is 2.79. The van der Waals surface area contributed by atoms with E-state index in [4.69, 9.17) is 23.2 Å². The molecule has 0 aliphatic heterocycles. The van der Waals surface area contributed by atoms with E-state index >= 15 is 0 Å². The molecule has 0 heterocycles. The lowest BCUT2D eigenvalue weighted by atomic mass is 9.96. The SMILES string of the molecule is CCC(CCl)(NNC)C(C)Cl. The molecule has 2 N–H and O–H groups in total. The zero-order valence-electron chi connectivity index (χ0n) is 7.25. The number of alkyl halides is 2. The van der Waals surface area contributed by atoms with Crippen LogP contribution in [0.3, 0.4) is 0 Å². The summed E-state index contributed by atoms with van der Waals surface area (Å²) < 4.78 is 0. The molecule has 0 aromatic heterocycles. The van der Waals surface area contributed by atoms with Crippen molar-refractivity contribution in [2.24, 2.45) is 0 Å². The van der Waals surface area contributed by atoms with Crippen molar-refractivity contribution in [3.8, 4) is 0 Å². The predicted octanol–water partition coefficient (Wildman–Crippen LogP) is 1.73. The van der Waals surface area contributed by atoms with E-state index in [1.54, 1.807) is 0 Å². The van der Waals surface area contributed by atoms with Gasteiger partial charge in [-0.05, 0) is 20.4 Å². The fourth-order valence-electron chi connectivity index (χ4n) is 0.952. The third-order valence-electron chi connectivity index (χ3n) is 2.00. The highest BCUT2D eigenvalue weighted by Crippen LogP contribution is 2.21. The standard InChI is InChI=1S/C7H16Cl2N2/c1-4-7(5-8,6(2)9)11-10-3/h6,10-11H,4-5H2,1-3H3. The summed E-state index contributed by atoms with van der Waals surface area (Å²) in [4.78, 5) is 0. The molecule has 68 valence electrons. The summed E-state index contributed by atoms with van der Waals surface area (Å²) in [7, 11) is 1.82. The van der Waals surface area contributed by atoms with Gasteiger partial charge in [0, 0.05) is 5.88 Å². The Morgan fingerprint density at radius 1 is 1.55 bits per heavy atom. The second-order valence-corrected chi connectivity index (χ2v) is 3.56. The van der Waals surface area contributed by atoms with E-state index < -0.39 is 0 Å². The van der Waals surface area contributed by atoms with Crippen molar-refractivity contribution in [2.45, 2.75) is 31.2 Å². The second-order valence-electron chi connectivity index (χ2n) is 2.63. The first-order valence-electron chi connectivity index (χ1n) is 3.77. The maximum absolute atomic E-state index is 5.99. The number of nitrogens with one attached hydrogen (secondary N) is 2. The molecule has 0 aliphatic carbocycles. The van der Waals surface area contributed by atoms with Gasteiger partial charge in [-0.1, -0.05) is 6.92 Å². The molecule has 0 saturated carbocycles. The molecule has 0 radical (unpaired) electrons. The molecule has 0 amide bonds. The van der Waals surface area contributed by atoms with Crippen LogP contribution in [0.25, 0.3) is 0 Å². The van der Waals surface area contributed by atoms with Crippen LogP contribution in [-0.2, 0) is 0 Å². The minimum absolute atomic E-state index is 0.0115. The molecule has 2 atom stereocenters. The molecule has 0 rings (SSSR count). The van der Waals surface area contributed by atoms with Crippen LogP contribution < -0.4 is 10.9 Å². The van der Waals surface area contributed by atoms with Gasteiger partial charge in [0.25, 0.3) is 0 Å². The van der Waals surface area contributed by atoms with Crippen molar-refractivity contribution in [1.82, 2.24) is 10.9 Å². The normalized spacial score (nSPS) is 19.4. The molecule has 0 aliphatic rings. The topological polar surface area (TPSA) is 24.1 Å². The molecule has 0 bridgehead atoms. The average molecular weight is 199 g/mol. The van der Waals surface area contributed by atoms with Gasteiger partial charge in [0.2, 0.25) is 0 Å². The molecule has 2 nitrogen and oxygen atoms in total. The van der Waals surface area contributed by atoms with Crippen molar-refractivity contribution >= 4 is 23.2 Å². The van der Waals surface area contributed by atoms with Crippen molar-refractivity contribution in [2.75, 3.05) is 12.9 Å². The fourth-order valence-corrected chi connectivity index (χ4v) is 1.80. The number of rotatable bonds is 5. The maximum Gasteiger partial charge on any atom is 0.0616 e. The third-order valence-corrected chi connectivity index (χ3v) is 2.90. The van der Waals surface area contributed by atoms with E-state index in [0.717, 1.165) is 6.42 Å². The Labute approximate surface area is 78.6 Å². The van der Waals surface area contributed by atoms with Crippen LogP contribution in [-0.4, -0.2) is 23.8 Å². The van der Waals surface area contributed by atoms with Crippen molar-refractivity contribution < 1.29 is 0 Å². The van der Waals surface area contributed by atoms with Gasteiger partial charge in [-0.15, -0.1) is 23.2 Å². The summed E-state index contributed by atoms with van der Waals surface area (Å²) >= 11 is 11.8. The zero-order chi connectivity index (χ0) is 8.91. The first-order valence-corrected chi connectivity index (χ1v) is 4.74. The quantitative estimate of drug-likeness (QED) is 0.520.